The Balaban J connectivity index is 2.47. The highest BCUT2D eigenvalue weighted by Crippen LogP contribution is 2.29. The molecule has 1 heterocycles. The van der Waals surface area contributed by atoms with Crippen LogP contribution in [0.25, 0.3) is 11.1 Å². The standard InChI is InChI=1S/C11H11N3O2/c1-14-6-8(5-13-14)9-3-2-7(11(12)16)4-10(9)15/h2-6,15H,1H3,(H2,12,16). The molecule has 5 heteroatoms. The van der Waals surface area contributed by atoms with Gasteiger partial charge in [-0.05, 0) is 18.2 Å². The van der Waals surface area contributed by atoms with E-state index in [0.717, 1.165) is 5.56 Å². The van der Waals surface area contributed by atoms with E-state index in [1.807, 2.05) is 0 Å². The van der Waals surface area contributed by atoms with Crippen molar-refractivity contribution in [3.05, 3.63) is 36.2 Å². The number of aromatic nitrogens is 2. The Bertz CT molecular complexity index is 546. The van der Waals surface area contributed by atoms with Gasteiger partial charge in [-0.3, -0.25) is 9.48 Å². The molecule has 3 N–H and O–H groups in total. The van der Waals surface area contributed by atoms with Crippen LogP contribution in [-0.2, 0) is 7.05 Å². The van der Waals surface area contributed by atoms with Crippen LogP contribution < -0.4 is 5.73 Å². The number of aromatic hydroxyl groups is 1. The van der Waals surface area contributed by atoms with Gasteiger partial charge in [-0.2, -0.15) is 5.10 Å². The summed E-state index contributed by atoms with van der Waals surface area (Å²) in [5.41, 5.74) is 6.80. The maximum atomic E-state index is 10.9. The molecule has 1 aromatic heterocycles. The third-order valence-corrected chi connectivity index (χ3v) is 2.30. The average Bonchev–Trinajstić information content (AvgIpc) is 2.64. The topological polar surface area (TPSA) is 81.1 Å². The van der Waals surface area contributed by atoms with E-state index in [2.05, 4.69) is 5.10 Å². The predicted octanol–water partition coefficient (Wildman–Crippen LogP) is 0.892. The maximum Gasteiger partial charge on any atom is 0.248 e. The van der Waals surface area contributed by atoms with Gasteiger partial charge >= 0.3 is 0 Å². The van der Waals surface area contributed by atoms with Crippen LogP contribution in [0.15, 0.2) is 30.6 Å². The number of carbonyl (C=O) groups excluding carboxylic acids is 1. The van der Waals surface area contributed by atoms with Gasteiger partial charge in [0.2, 0.25) is 5.91 Å². The van der Waals surface area contributed by atoms with E-state index in [0.29, 0.717) is 5.56 Å². The van der Waals surface area contributed by atoms with Crippen molar-refractivity contribution >= 4 is 5.91 Å². The van der Waals surface area contributed by atoms with E-state index in [1.54, 1.807) is 36.3 Å². The molecular formula is C11H11N3O2. The van der Waals surface area contributed by atoms with E-state index in [-0.39, 0.29) is 11.3 Å². The van der Waals surface area contributed by atoms with E-state index in [1.165, 1.54) is 6.07 Å². The number of benzene rings is 1. The average molecular weight is 217 g/mol. The zero-order chi connectivity index (χ0) is 11.7. The number of rotatable bonds is 2. The maximum absolute atomic E-state index is 10.9. The number of hydrogen-bond donors (Lipinski definition) is 2. The molecule has 0 aliphatic carbocycles. The van der Waals surface area contributed by atoms with Crippen LogP contribution >= 0.6 is 0 Å². The lowest BCUT2D eigenvalue weighted by Gasteiger charge is -2.03. The van der Waals surface area contributed by atoms with Gasteiger partial charge in [-0.15, -0.1) is 0 Å². The molecule has 2 aromatic rings. The smallest absolute Gasteiger partial charge is 0.248 e. The van der Waals surface area contributed by atoms with Gasteiger partial charge in [0, 0.05) is 29.9 Å². The molecule has 1 aromatic carbocycles. The first kappa shape index (κ1) is 10.2. The number of nitrogens with zero attached hydrogens (tertiary/aromatic N) is 2. The predicted molar refractivity (Wildman–Crippen MR) is 58.8 cm³/mol. The number of amides is 1. The van der Waals surface area contributed by atoms with Crippen molar-refractivity contribution in [1.82, 2.24) is 9.78 Å². The van der Waals surface area contributed by atoms with Crippen molar-refractivity contribution in [2.45, 2.75) is 0 Å². The summed E-state index contributed by atoms with van der Waals surface area (Å²) >= 11 is 0. The van der Waals surface area contributed by atoms with Crippen molar-refractivity contribution in [3.8, 4) is 16.9 Å². The number of aryl methyl sites for hydroxylation is 1. The fourth-order valence-electron chi connectivity index (χ4n) is 1.49. The minimum atomic E-state index is -0.562. The van der Waals surface area contributed by atoms with E-state index in [9.17, 15) is 9.90 Å². The van der Waals surface area contributed by atoms with E-state index >= 15 is 0 Å². The normalized spacial score (nSPS) is 10.3. The number of phenols is 1. The van der Waals surface area contributed by atoms with Crippen molar-refractivity contribution in [1.29, 1.82) is 0 Å². The molecular weight excluding hydrogens is 206 g/mol. The highest BCUT2D eigenvalue weighted by Gasteiger charge is 2.09. The molecule has 5 nitrogen and oxygen atoms in total. The Hall–Kier alpha value is -2.30. The molecule has 0 spiro atoms. The lowest BCUT2D eigenvalue weighted by molar-refractivity contribution is 0.1000. The molecule has 0 saturated carbocycles. The molecule has 82 valence electrons. The van der Waals surface area contributed by atoms with Gasteiger partial charge in [-0.1, -0.05) is 0 Å². The summed E-state index contributed by atoms with van der Waals surface area (Å²) in [7, 11) is 1.79. The molecule has 16 heavy (non-hydrogen) atoms. The molecule has 0 unspecified atom stereocenters. The third-order valence-electron chi connectivity index (χ3n) is 2.30. The molecule has 0 saturated heterocycles. The molecule has 0 fully saturated rings. The van der Waals surface area contributed by atoms with Gasteiger partial charge in [0.05, 0.1) is 6.20 Å². The Labute approximate surface area is 92.1 Å². The van der Waals surface area contributed by atoms with E-state index < -0.39 is 5.91 Å². The molecule has 0 aliphatic heterocycles. The lowest BCUT2D eigenvalue weighted by Crippen LogP contribution is -2.10. The van der Waals surface area contributed by atoms with Crippen molar-refractivity contribution in [2.75, 3.05) is 0 Å². The first-order chi connectivity index (χ1) is 7.58. The Kier molecular flexibility index (Phi) is 2.36. The fraction of sp³-hybridized carbons (Fsp3) is 0.0909. The SMILES string of the molecule is Cn1cc(-c2ccc(C(N)=O)cc2O)cn1. The Morgan fingerprint density at radius 1 is 1.50 bits per heavy atom. The first-order valence-corrected chi connectivity index (χ1v) is 4.70. The third kappa shape index (κ3) is 1.75. The minimum Gasteiger partial charge on any atom is -0.507 e. The zero-order valence-electron chi connectivity index (χ0n) is 8.71. The van der Waals surface area contributed by atoms with Crippen LogP contribution in [0, 0.1) is 0 Å². The first-order valence-electron chi connectivity index (χ1n) is 4.70. The second-order valence-corrected chi connectivity index (χ2v) is 3.50. The Morgan fingerprint density at radius 3 is 2.75 bits per heavy atom. The van der Waals surface area contributed by atoms with Crippen LogP contribution in [0.2, 0.25) is 0 Å². The molecule has 0 aliphatic rings. The molecule has 0 radical (unpaired) electrons. The van der Waals surface area contributed by atoms with Crippen LogP contribution in [-0.4, -0.2) is 20.8 Å². The van der Waals surface area contributed by atoms with Gasteiger partial charge in [-0.25, -0.2) is 0 Å². The molecule has 0 bridgehead atoms. The number of phenolic OH excluding ortho intramolecular Hbond substituents is 1. The minimum absolute atomic E-state index is 0.0179. The van der Waals surface area contributed by atoms with Crippen LogP contribution in [0.5, 0.6) is 5.75 Å². The van der Waals surface area contributed by atoms with Crippen LogP contribution in [0.4, 0.5) is 0 Å². The summed E-state index contributed by atoms with van der Waals surface area (Å²) in [6.07, 6.45) is 3.41. The summed E-state index contributed by atoms with van der Waals surface area (Å²) in [5, 5.41) is 13.8. The van der Waals surface area contributed by atoms with Gasteiger partial charge < -0.3 is 10.8 Å². The second-order valence-electron chi connectivity index (χ2n) is 3.50. The highest BCUT2D eigenvalue weighted by molar-refractivity contribution is 5.94. The highest BCUT2D eigenvalue weighted by atomic mass is 16.3. The lowest BCUT2D eigenvalue weighted by atomic mass is 10.1. The van der Waals surface area contributed by atoms with E-state index in [4.69, 9.17) is 5.73 Å². The Morgan fingerprint density at radius 2 is 2.25 bits per heavy atom. The molecule has 0 atom stereocenters. The summed E-state index contributed by atoms with van der Waals surface area (Å²) in [4.78, 5) is 10.9. The number of hydrogen-bond acceptors (Lipinski definition) is 3. The second kappa shape index (κ2) is 3.69. The fourth-order valence-corrected chi connectivity index (χ4v) is 1.49. The monoisotopic (exact) mass is 217 g/mol. The van der Waals surface area contributed by atoms with Crippen molar-refractivity contribution in [3.63, 3.8) is 0 Å². The molecule has 1 amide bonds. The number of primary amides is 1. The van der Waals surface area contributed by atoms with Crippen molar-refractivity contribution < 1.29 is 9.90 Å². The quantitative estimate of drug-likeness (QED) is 0.783. The van der Waals surface area contributed by atoms with Gasteiger partial charge in [0.15, 0.2) is 0 Å². The number of carbonyl (C=O) groups is 1. The largest absolute Gasteiger partial charge is 0.507 e. The summed E-state index contributed by atoms with van der Waals surface area (Å²) in [6, 6.07) is 4.57. The summed E-state index contributed by atoms with van der Waals surface area (Å²) in [6.45, 7) is 0. The van der Waals surface area contributed by atoms with Crippen LogP contribution in [0.1, 0.15) is 10.4 Å². The zero-order valence-corrected chi connectivity index (χ0v) is 8.71. The van der Waals surface area contributed by atoms with Gasteiger partial charge in [0.25, 0.3) is 0 Å². The molecule has 2 rings (SSSR count). The summed E-state index contributed by atoms with van der Waals surface area (Å²) in [5.74, 6) is -0.544. The van der Waals surface area contributed by atoms with Gasteiger partial charge in [0.1, 0.15) is 5.75 Å². The summed E-state index contributed by atoms with van der Waals surface area (Å²) < 4.78 is 1.64. The number of nitrogens with two attached hydrogens (primary N) is 1. The van der Waals surface area contributed by atoms with Crippen LogP contribution in [0.3, 0.4) is 0 Å². The van der Waals surface area contributed by atoms with Crippen molar-refractivity contribution in [2.24, 2.45) is 12.8 Å².